The van der Waals surface area contributed by atoms with Crippen LogP contribution < -0.4 is 5.43 Å². The maximum absolute atomic E-state index is 12.4. The van der Waals surface area contributed by atoms with Crippen molar-refractivity contribution in [3.05, 3.63) is 29.8 Å². The number of phenolic OH excluding ortho intramolecular Hbond substituents is 1. The lowest BCUT2D eigenvalue weighted by Crippen LogP contribution is -2.45. The van der Waals surface area contributed by atoms with Crippen LogP contribution in [0.25, 0.3) is 0 Å². The second kappa shape index (κ2) is 9.30. The van der Waals surface area contributed by atoms with Crippen molar-refractivity contribution < 1.29 is 15.0 Å². The van der Waals surface area contributed by atoms with E-state index in [0.29, 0.717) is 24.1 Å². The van der Waals surface area contributed by atoms with Gasteiger partial charge < -0.3 is 10.2 Å². The molecule has 23 heavy (non-hydrogen) atoms. The van der Waals surface area contributed by atoms with Gasteiger partial charge in [0, 0.05) is 5.56 Å². The fraction of sp³-hybridized carbons (Fsp3) is 0.556. The number of rotatable bonds is 9. The number of aliphatic hydroxyl groups is 1. The summed E-state index contributed by atoms with van der Waals surface area (Å²) in [5.74, 6) is -0.371. The zero-order chi connectivity index (χ0) is 17.3. The van der Waals surface area contributed by atoms with Crippen LogP contribution in [0.3, 0.4) is 0 Å². The minimum Gasteiger partial charge on any atom is -0.507 e. The molecule has 1 aromatic carbocycles. The average molecular weight is 320 g/mol. The molecule has 0 bridgehead atoms. The molecule has 0 aromatic heterocycles. The first-order chi connectivity index (χ1) is 10.9. The second-order valence-corrected chi connectivity index (χ2v) is 5.89. The van der Waals surface area contributed by atoms with Crippen molar-refractivity contribution in [1.82, 2.24) is 5.43 Å². The number of carbonyl (C=O) groups excluding carboxylic acids is 1. The molecule has 0 aliphatic rings. The molecule has 3 N–H and O–H groups in total. The number of nitrogens with one attached hydrogen (secondary N) is 1. The number of aromatic hydroxyl groups is 1. The number of phenols is 1. The van der Waals surface area contributed by atoms with E-state index in [4.69, 9.17) is 0 Å². The van der Waals surface area contributed by atoms with Gasteiger partial charge in [-0.05, 0) is 31.9 Å². The molecule has 0 saturated heterocycles. The van der Waals surface area contributed by atoms with Crippen LogP contribution in [-0.2, 0) is 4.79 Å². The largest absolute Gasteiger partial charge is 0.507 e. The van der Waals surface area contributed by atoms with Gasteiger partial charge in [0.25, 0.3) is 5.91 Å². The summed E-state index contributed by atoms with van der Waals surface area (Å²) < 4.78 is 0. The van der Waals surface area contributed by atoms with Gasteiger partial charge in [-0.2, -0.15) is 5.10 Å². The maximum atomic E-state index is 12.4. The third kappa shape index (κ3) is 5.67. The molecule has 0 aliphatic carbocycles. The van der Waals surface area contributed by atoms with Gasteiger partial charge in [0.05, 0.1) is 5.71 Å². The molecule has 0 saturated carbocycles. The van der Waals surface area contributed by atoms with Crippen LogP contribution in [0.1, 0.15) is 64.9 Å². The number of hydrogen-bond acceptors (Lipinski definition) is 4. The van der Waals surface area contributed by atoms with Gasteiger partial charge in [-0.25, -0.2) is 5.43 Å². The Kier molecular flexibility index (Phi) is 7.75. The number of benzene rings is 1. The highest BCUT2D eigenvalue weighted by Gasteiger charge is 2.34. The number of hydrazone groups is 1. The predicted molar refractivity (Wildman–Crippen MR) is 92.5 cm³/mol. The third-order valence-corrected chi connectivity index (χ3v) is 3.93. The van der Waals surface area contributed by atoms with Crippen molar-refractivity contribution in [2.45, 2.75) is 64.9 Å². The summed E-state index contributed by atoms with van der Waals surface area (Å²) >= 11 is 0. The summed E-state index contributed by atoms with van der Waals surface area (Å²) in [6, 6.07) is 6.80. The molecule has 0 atom stereocenters. The summed E-state index contributed by atoms with van der Waals surface area (Å²) in [6.07, 6.45) is 4.27. The van der Waals surface area contributed by atoms with Crippen molar-refractivity contribution in [2.75, 3.05) is 0 Å². The number of hydrogen-bond donors (Lipinski definition) is 3. The highest BCUT2D eigenvalue weighted by atomic mass is 16.3. The van der Waals surface area contributed by atoms with E-state index in [9.17, 15) is 15.0 Å². The molecular formula is C18H28N2O3. The first-order valence-corrected chi connectivity index (χ1v) is 8.30. The lowest BCUT2D eigenvalue weighted by molar-refractivity contribution is -0.141. The Labute approximate surface area is 138 Å². The highest BCUT2D eigenvalue weighted by Crippen LogP contribution is 2.22. The molecule has 0 radical (unpaired) electrons. The van der Waals surface area contributed by atoms with Crippen LogP contribution in [0.15, 0.2) is 29.4 Å². The number of unbranched alkanes of at least 4 members (excludes halogenated alkanes) is 2. The molecule has 1 rings (SSSR count). The van der Waals surface area contributed by atoms with Gasteiger partial charge in [0.2, 0.25) is 0 Å². The Morgan fingerprint density at radius 1 is 1.17 bits per heavy atom. The molecule has 5 heteroatoms. The highest BCUT2D eigenvalue weighted by molar-refractivity contribution is 6.01. The monoisotopic (exact) mass is 320 g/mol. The molecule has 0 unspecified atom stereocenters. The summed E-state index contributed by atoms with van der Waals surface area (Å²) in [5, 5.41) is 24.5. The van der Waals surface area contributed by atoms with Gasteiger partial charge in [0.1, 0.15) is 11.4 Å². The Morgan fingerprint density at radius 2 is 1.74 bits per heavy atom. The smallest absolute Gasteiger partial charge is 0.271 e. The summed E-state index contributed by atoms with van der Waals surface area (Å²) in [7, 11) is 0. The second-order valence-electron chi connectivity index (χ2n) is 5.89. The van der Waals surface area contributed by atoms with Gasteiger partial charge in [-0.15, -0.1) is 0 Å². The lowest BCUT2D eigenvalue weighted by atomic mass is 9.90. The number of carbonyl (C=O) groups is 1. The Morgan fingerprint density at radius 3 is 2.26 bits per heavy atom. The van der Waals surface area contributed by atoms with Gasteiger partial charge >= 0.3 is 0 Å². The normalized spacial score (nSPS) is 12.3. The molecular weight excluding hydrogens is 292 g/mol. The van der Waals surface area contributed by atoms with E-state index in [1.165, 1.54) is 0 Å². The number of para-hydroxylation sites is 1. The van der Waals surface area contributed by atoms with E-state index in [2.05, 4.69) is 10.5 Å². The zero-order valence-electron chi connectivity index (χ0n) is 14.3. The summed E-state index contributed by atoms with van der Waals surface area (Å²) in [4.78, 5) is 12.4. The van der Waals surface area contributed by atoms with Crippen LogP contribution in [0, 0.1) is 0 Å². The molecule has 128 valence electrons. The minimum absolute atomic E-state index is 0.107. The summed E-state index contributed by atoms with van der Waals surface area (Å²) in [5.41, 5.74) is 2.12. The van der Waals surface area contributed by atoms with Gasteiger partial charge in [0.15, 0.2) is 0 Å². The van der Waals surface area contributed by atoms with Crippen molar-refractivity contribution >= 4 is 11.6 Å². The van der Waals surface area contributed by atoms with Crippen LogP contribution in [0.4, 0.5) is 0 Å². The molecule has 0 aliphatic heterocycles. The molecule has 0 heterocycles. The van der Waals surface area contributed by atoms with Crippen LogP contribution >= 0.6 is 0 Å². The van der Waals surface area contributed by atoms with E-state index in [1.54, 1.807) is 31.2 Å². The van der Waals surface area contributed by atoms with Crippen molar-refractivity contribution in [3.8, 4) is 5.75 Å². The Balaban J connectivity index is 2.81. The zero-order valence-corrected chi connectivity index (χ0v) is 14.3. The quantitative estimate of drug-likeness (QED) is 0.482. The Bertz CT molecular complexity index is 533. The first-order valence-electron chi connectivity index (χ1n) is 8.30. The fourth-order valence-electron chi connectivity index (χ4n) is 2.37. The number of amides is 1. The van der Waals surface area contributed by atoms with Gasteiger partial charge in [-0.1, -0.05) is 51.7 Å². The van der Waals surface area contributed by atoms with Gasteiger partial charge in [-0.3, -0.25) is 4.79 Å². The fourth-order valence-corrected chi connectivity index (χ4v) is 2.37. The van der Waals surface area contributed by atoms with Crippen molar-refractivity contribution in [3.63, 3.8) is 0 Å². The van der Waals surface area contributed by atoms with E-state index >= 15 is 0 Å². The van der Waals surface area contributed by atoms with Crippen molar-refractivity contribution in [1.29, 1.82) is 0 Å². The van der Waals surface area contributed by atoms with E-state index in [0.717, 1.165) is 25.7 Å². The Hall–Kier alpha value is -1.88. The summed E-state index contributed by atoms with van der Waals surface area (Å²) in [6.45, 7) is 5.75. The SMILES string of the molecule is CCCCC(O)(CCCC)C(=O)N/N=C(/C)c1ccccc1O. The first kappa shape index (κ1) is 19.2. The standard InChI is InChI=1S/C18H28N2O3/c1-4-6-12-18(23,13-7-5-2)17(22)20-19-14(3)15-10-8-9-11-16(15)21/h8-11,21,23H,4-7,12-13H2,1-3H3,(H,20,22)/b19-14-. The average Bonchev–Trinajstić information content (AvgIpc) is 2.56. The molecule has 1 aromatic rings. The lowest BCUT2D eigenvalue weighted by Gasteiger charge is -2.25. The van der Waals surface area contributed by atoms with E-state index in [-0.39, 0.29) is 5.75 Å². The van der Waals surface area contributed by atoms with E-state index < -0.39 is 11.5 Å². The molecule has 5 nitrogen and oxygen atoms in total. The maximum Gasteiger partial charge on any atom is 0.271 e. The number of nitrogens with zero attached hydrogens (tertiary/aromatic N) is 1. The third-order valence-electron chi connectivity index (χ3n) is 3.93. The minimum atomic E-state index is -1.38. The van der Waals surface area contributed by atoms with Crippen LogP contribution in [0.5, 0.6) is 5.75 Å². The topological polar surface area (TPSA) is 81.9 Å². The van der Waals surface area contributed by atoms with Crippen molar-refractivity contribution in [2.24, 2.45) is 5.10 Å². The molecule has 1 amide bonds. The van der Waals surface area contributed by atoms with E-state index in [1.807, 2.05) is 13.8 Å². The molecule has 0 fully saturated rings. The van der Waals surface area contributed by atoms with Crippen LogP contribution in [0.2, 0.25) is 0 Å². The molecule has 0 spiro atoms. The van der Waals surface area contributed by atoms with Crippen LogP contribution in [-0.4, -0.2) is 27.4 Å². The predicted octanol–water partition coefficient (Wildman–Crippen LogP) is 3.34.